The number of piperidine rings is 1. The topological polar surface area (TPSA) is 60.9 Å². The van der Waals surface area contributed by atoms with Gasteiger partial charge in [0.15, 0.2) is 0 Å². The number of hydrogen-bond donors (Lipinski definition) is 0. The van der Waals surface area contributed by atoms with E-state index in [1.54, 1.807) is 12.1 Å². The van der Waals surface area contributed by atoms with E-state index in [4.69, 9.17) is 11.6 Å². The second kappa shape index (κ2) is 11.6. The Labute approximate surface area is 236 Å². The van der Waals surface area contributed by atoms with Gasteiger partial charge >= 0.3 is 0 Å². The summed E-state index contributed by atoms with van der Waals surface area (Å²) in [6, 6.07) is 21.8. The molecule has 3 aromatic rings. The number of amides is 1. The third-order valence-corrected chi connectivity index (χ3v) is 11.4. The van der Waals surface area contributed by atoms with E-state index in [1.165, 1.54) is 26.8 Å². The molecule has 2 aromatic carbocycles. The van der Waals surface area contributed by atoms with Crippen LogP contribution in [0.3, 0.4) is 0 Å². The number of rotatable bonds is 6. The maximum absolute atomic E-state index is 13.5. The van der Waals surface area contributed by atoms with Crippen molar-refractivity contribution < 1.29 is 13.2 Å². The van der Waals surface area contributed by atoms with Crippen molar-refractivity contribution in [1.29, 1.82) is 0 Å². The molecular formula is C27H29BrClN3O3S2. The summed E-state index contributed by atoms with van der Waals surface area (Å²) in [6.07, 6.45) is 1.41. The summed E-state index contributed by atoms with van der Waals surface area (Å²) in [7, 11) is -3.59. The van der Waals surface area contributed by atoms with Gasteiger partial charge < -0.3 is 4.90 Å². The Kier molecular flexibility index (Phi) is 8.38. The third kappa shape index (κ3) is 5.97. The predicted molar refractivity (Wildman–Crippen MR) is 151 cm³/mol. The Morgan fingerprint density at radius 2 is 1.59 bits per heavy atom. The largest absolute Gasteiger partial charge is 0.340 e. The average Bonchev–Trinajstić information content (AvgIpc) is 3.38. The van der Waals surface area contributed by atoms with Gasteiger partial charge in [0.2, 0.25) is 5.91 Å². The van der Waals surface area contributed by atoms with Gasteiger partial charge in [-0.2, -0.15) is 4.31 Å². The Morgan fingerprint density at radius 3 is 2.24 bits per heavy atom. The van der Waals surface area contributed by atoms with Crippen LogP contribution in [0.25, 0.3) is 0 Å². The Bertz CT molecular complexity index is 1330. The molecule has 6 nitrogen and oxygen atoms in total. The van der Waals surface area contributed by atoms with Gasteiger partial charge in [0.05, 0.1) is 15.7 Å². The highest BCUT2D eigenvalue weighted by atomic mass is 79.9. The van der Waals surface area contributed by atoms with E-state index in [0.717, 1.165) is 23.3 Å². The van der Waals surface area contributed by atoms with Crippen LogP contribution in [-0.4, -0.2) is 67.7 Å². The van der Waals surface area contributed by atoms with Crippen molar-refractivity contribution in [2.45, 2.75) is 23.1 Å². The quantitative estimate of drug-likeness (QED) is 0.365. The van der Waals surface area contributed by atoms with E-state index in [0.29, 0.717) is 35.3 Å². The number of piperazine rings is 1. The molecule has 2 atom stereocenters. The van der Waals surface area contributed by atoms with Crippen molar-refractivity contribution in [3.63, 3.8) is 0 Å². The normalized spacial score (nSPS) is 20.6. The molecule has 0 radical (unpaired) electrons. The fourth-order valence-electron chi connectivity index (χ4n) is 5.28. The van der Waals surface area contributed by atoms with Crippen molar-refractivity contribution in [2.24, 2.45) is 5.92 Å². The molecule has 0 spiro atoms. The van der Waals surface area contributed by atoms with Crippen molar-refractivity contribution in [1.82, 2.24) is 14.1 Å². The van der Waals surface area contributed by atoms with Crippen LogP contribution in [0.1, 0.15) is 30.0 Å². The first-order chi connectivity index (χ1) is 17.8. The summed E-state index contributed by atoms with van der Waals surface area (Å²) in [4.78, 5) is 17.8. The summed E-state index contributed by atoms with van der Waals surface area (Å²) < 4.78 is 28.8. The van der Waals surface area contributed by atoms with Crippen LogP contribution in [0, 0.1) is 5.92 Å². The van der Waals surface area contributed by atoms with E-state index >= 15 is 0 Å². The maximum Gasteiger partial charge on any atom is 0.252 e. The molecule has 1 amide bonds. The predicted octanol–water partition coefficient (Wildman–Crippen LogP) is 5.50. The lowest BCUT2D eigenvalue weighted by Gasteiger charge is -2.41. The van der Waals surface area contributed by atoms with Crippen molar-refractivity contribution in [3.05, 3.63) is 86.7 Å². The third-order valence-electron chi connectivity index (χ3n) is 7.17. The van der Waals surface area contributed by atoms with Crippen LogP contribution in [0.4, 0.5) is 0 Å². The molecule has 2 fully saturated rings. The number of hydrogen-bond acceptors (Lipinski definition) is 5. The minimum Gasteiger partial charge on any atom is -0.340 e. The molecule has 3 heterocycles. The fraction of sp³-hybridized carbons (Fsp3) is 0.370. The van der Waals surface area contributed by atoms with Crippen molar-refractivity contribution in [3.8, 4) is 0 Å². The summed E-state index contributed by atoms with van der Waals surface area (Å²) in [5, 5.41) is 0.709. The zero-order chi connectivity index (χ0) is 26.0. The second-order valence-corrected chi connectivity index (χ2v) is 14.6. The molecule has 2 aliphatic rings. The number of sulfonamides is 1. The summed E-state index contributed by atoms with van der Waals surface area (Å²) in [6.45, 7) is 3.43. The Morgan fingerprint density at radius 1 is 0.919 bits per heavy atom. The average molecular weight is 623 g/mol. The van der Waals surface area contributed by atoms with Gasteiger partial charge in [-0.15, -0.1) is 11.3 Å². The van der Waals surface area contributed by atoms with Crippen molar-refractivity contribution in [2.75, 3.05) is 39.3 Å². The van der Waals surface area contributed by atoms with Gasteiger partial charge in [0.25, 0.3) is 10.0 Å². The standard InChI is InChI=1S/C27H29BrClN3O3S2/c28-24-12-13-25(36-24)37(34,35)32-14-4-7-22(19-32)27(33)31-17-15-30(16-18-31)26(20-5-2-1-3-6-20)21-8-10-23(29)11-9-21/h1-3,5-6,8-13,22,26H,4,7,14-19H2/t22-,26-/m0/s1. The van der Waals surface area contributed by atoms with E-state index < -0.39 is 10.0 Å². The van der Waals surface area contributed by atoms with Crippen LogP contribution < -0.4 is 0 Å². The molecule has 37 heavy (non-hydrogen) atoms. The van der Waals surface area contributed by atoms with E-state index in [1.807, 2.05) is 23.1 Å². The number of halogens is 2. The van der Waals surface area contributed by atoms with E-state index in [9.17, 15) is 13.2 Å². The minimum absolute atomic E-state index is 0.0645. The Hall–Kier alpha value is -1.75. The van der Waals surface area contributed by atoms with Crippen LogP contribution in [0.15, 0.2) is 74.7 Å². The number of benzene rings is 2. The first kappa shape index (κ1) is 26.8. The zero-order valence-corrected chi connectivity index (χ0v) is 24.3. The molecule has 10 heteroatoms. The van der Waals surface area contributed by atoms with Gasteiger partial charge in [0, 0.05) is 44.3 Å². The molecule has 5 rings (SSSR count). The zero-order valence-electron chi connectivity index (χ0n) is 20.3. The van der Waals surface area contributed by atoms with Crippen LogP contribution in [-0.2, 0) is 14.8 Å². The molecule has 0 N–H and O–H groups in total. The van der Waals surface area contributed by atoms with Gasteiger partial charge in [0.1, 0.15) is 4.21 Å². The molecule has 0 saturated carbocycles. The monoisotopic (exact) mass is 621 g/mol. The van der Waals surface area contributed by atoms with Crippen LogP contribution >= 0.6 is 38.9 Å². The molecular weight excluding hydrogens is 594 g/mol. The van der Waals surface area contributed by atoms with Crippen molar-refractivity contribution >= 4 is 54.8 Å². The summed E-state index contributed by atoms with van der Waals surface area (Å²) in [5.74, 6) is -0.241. The molecule has 0 aliphatic carbocycles. The number of carbonyl (C=O) groups is 1. The highest BCUT2D eigenvalue weighted by molar-refractivity contribution is 9.11. The maximum atomic E-state index is 13.5. The minimum atomic E-state index is -3.59. The molecule has 0 bridgehead atoms. The first-order valence-corrected chi connectivity index (χ1v) is 15.8. The Balaban J connectivity index is 1.26. The van der Waals surface area contributed by atoms with Crippen LogP contribution in [0.5, 0.6) is 0 Å². The van der Waals surface area contributed by atoms with E-state index in [-0.39, 0.29) is 24.4 Å². The fourth-order valence-corrected chi connectivity index (χ4v) is 9.09. The highest BCUT2D eigenvalue weighted by Gasteiger charge is 2.37. The lowest BCUT2D eigenvalue weighted by atomic mass is 9.95. The molecule has 2 aliphatic heterocycles. The lowest BCUT2D eigenvalue weighted by molar-refractivity contribution is -0.138. The molecule has 196 valence electrons. The molecule has 0 unspecified atom stereocenters. The second-order valence-electron chi connectivity index (χ2n) is 9.49. The van der Waals surface area contributed by atoms with E-state index in [2.05, 4.69) is 57.2 Å². The van der Waals surface area contributed by atoms with Gasteiger partial charge in [-0.1, -0.05) is 54.1 Å². The van der Waals surface area contributed by atoms with Gasteiger partial charge in [-0.05, 0) is 64.2 Å². The molecule has 2 saturated heterocycles. The van der Waals surface area contributed by atoms with Crippen LogP contribution in [0.2, 0.25) is 5.02 Å². The summed E-state index contributed by atoms with van der Waals surface area (Å²) in [5.41, 5.74) is 2.38. The number of nitrogens with zero attached hydrogens (tertiary/aromatic N) is 3. The number of thiophene rings is 1. The summed E-state index contributed by atoms with van der Waals surface area (Å²) >= 11 is 10.7. The van der Waals surface area contributed by atoms with Gasteiger partial charge in [-0.3, -0.25) is 9.69 Å². The SMILES string of the molecule is O=C([C@H]1CCCN(S(=O)(=O)c2ccc(Br)s2)C1)N1CCN([C@@H](c2ccccc2)c2ccc(Cl)cc2)CC1. The van der Waals surface area contributed by atoms with Gasteiger partial charge in [-0.25, -0.2) is 8.42 Å². The highest BCUT2D eigenvalue weighted by Crippen LogP contribution is 2.33. The first-order valence-electron chi connectivity index (χ1n) is 12.4. The number of carbonyl (C=O) groups excluding carboxylic acids is 1. The smallest absolute Gasteiger partial charge is 0.252 e. The lowest BCUT2D eigenvalue weighted by Crippen LogP contribution is -2.53. The molecule has 1 aromatic heterocycles.